The molecule has 0 aliphatic heterocycles. The molecule has 0 radical (unpaired) electrons. The van der Waals surface area contributed by atoms with Gasteiger partial charge in [-0.1, -0.05) is 6.07 Å². The molecule has 0 saturated heterocycles. The summed E-state index contributed by atoms with van der Waals surface area (Å²) >= 11 is 0. The van der Waals surface area contributed by atoms with Gasteiger partial charge in [-0.3, -0.25) is 9.97 Å². The Labute approximate surface area is 128 Å². The zero-order valence-electron chi connectivity index (χ0n) is 12.0. The molecule has 0 aromatic carbocycles. The fourth-order valence-corrected chi connectivity index (χ4v) is 2.23. The van der Waals surface area contributed by atoms with E-state index in [4.69, 9.17) is 0 Å². The molecule has 0 bridgehead atoms. The van der Waals surface area contributed by atoms with Crippen LogP contribution in [0.3, 0.4) is 0 Å². The molecule has 0 unspecified atom stereocenters. The second kappa shape index (κ2) is 5.52. The minimum atomic E-state index is 0.535. The molecule has 1 fully saturated rings. The number of anilines is 1. The molecular weight excluding hydrogens is 274 g/mol. The lowest BCUT2D eigenvalue weighted by atomic mass is 10.2. The molecule has 0 amide bonds. The van der Waals surface area contributed by atoms with E-state index in [0.717, 1.165) is 22.8 Å². The van der Waals surface area contributed by atoms with E-state index in [9.17, 15) is 0 Å². The number of aromatic nitrogens is 4. The summed E-state index contributed by atoms with van der Waals surface area (Å²) in [4.78, 5) is 17.8. The standard InChI is InChI=1S/C17H15N5/c1-2-9-19-14(5-1)17-21-15(12-4-3-8-18-11-12)10-16(22-17)20-13-6-7-13/h1-5,8-11,13H,6-7H2,(H,20,21,22). The fourth-order valence-electron chi connectivity index (χ4n) is 2.23. The predicted octanol–water partition coefficient (Wildman–Crippen LogP) is 3.17. The van der Waals surface area contributed by atoms with E-state index >= 15 is 0 Å². The van der Waals surface area contributed by atoms with Gasteiger partial charge in [0.2, 0.25) is 0 Å². The van der Waals surface area contributed by atoms with E-state index in [0.29, 0.717) is 11.9 Å². The summed E-state index contributed by atoms with van der Waals surface area (Å²) in [6.45, 7) is 0. The van der Waals surface area contributed by atoms with Gasteiger partial charge in [0, 0.05) is 36.3 Å². The van der Waals surface area contributed by atoms with Crippen LogP contribution in [0.2, 0.25) is 0 Å². The maximum absolute atomic E-state index is 4.65. The predicted molar refractivity (Wildman–Crippen MR) is 85.1 cm³/mol. The third kappa shape index (κ3) is 2.79. The van der Waals surface area contributed by atoms with Crippen molar-refractivity contribution in [2.75, 3.05) is 5.32 Å². The van der Waals surface area contributed by atoms with Crippen LogP contribution in [0.1, 0.15) is 12.8 Å². The Morgan fingerprint density at radius 3 is 2.64 bits per heavy atom. The lowest BCUT2D eigenvalue weighted by Crippen LogP contribution is -2.05. The van der Waals surface area contributed by atoms with Crippen molar-refractivity contribution in [3.05, 3.63) is 55.0 Å². The highest BCUT2D eigenvalue weighted by Gasteiger charge is 2.22. The van der Waals surface area contributed by atoms with Crippen LogP contribution >= 0.6 is 0 Å². The van der Waals surface area contributed by atoms with Gasteiger partial charge < -0.3 is 5.32 Å². The van der Waals surface area contributed by atoms with E-state index in [1.54, 1.807) is 12.4 Å². The van der Waals surface area contributed by atoms with E-state index in [1.807, 2.05) is 42.6 Å². The monoisotopic (exact) mass is 289 g/mol. The Hall–Kier alpha value is -2.82. The zero-order valence-corrected chi connectivity index (χ0v) is 12.0. The second-order valence-electron chi connectivity index (χ2n) is 5.34. The van der Waals surface area contributed by atoms with Gasteiger partial charge in [0.25, 0.3) is 0 Å². The van der Waals surface area contributed by atoms with E-state index in [-0.39, 0.29) is 0 Å². The number of pyridine rings is 2. The summed E-state index contributed by atoms with van der Waals surface area (Å²) in [5, 5.41) is 3.44. The van der Waals surface area contributed by atoms with Crippen LogP contribution in [0.15, 0.2) is 55.0 Å². The van der Waals surface area contributed by atoms with Crippen molar-refractivity contribution in [2.24, 2.45) is 0 Å². The van der Waals surface area contributed by atoms with Crippen LogP contribution in [0.25, 0.3) is 22.8 Å². The second-order valence-corrected chi connectivity index (χ2v) is 5.34. The molecule has 1 saturated carbocycles. The SMILES string of the molecule is c1ccc(-c2nc(NC3CC3)cc(-c3cccnc3)n2)nc1. The van der Waals surface area contributed by atoms with Crippen molar-refractivity contribution in [2.45, 2.75) is 18.9 Å². The molecule has 3 heterocycles. The highest BCUT2D eigenvalue weighted by atomic mass is 15.1. The fraction of sp³-hybridized carbons (Fsp3) is 0.176. The summed E-state index contributed by atoms with van der Waals surface area (Å²) < 4.78 is 0. The minimum absolute atomic E-state index is 0.535. The molecule has 1 aliphatic rings. The Bertz CT molecular complexity index is 712. The molecule has 5 nitrogen and oxygen atoms in total. The first-order valence-electron chi connectivity index (χ1n) is 7.36. The van der Waals surface area contributed by atoms with E-state index < -0.39 is 0 Å². The van der Waals surface area contributed by atoms with Crippen molar-refractivity contribution in [1.82, 2.24) is 19.9 Å². The zero-order chi connectivity index (χ0) is 14.8. The third-order valence-electron chi connectivity index (χ3n) is 3.51. The average molecular weight is 289 g/mol. The number of hydrogen-bond acceptors (Lipinski definition) is 5. The van der Waals surface area contributed by atoms with Crippen LogP contribution in [0.4, 0.5) is 5.82 Å². The first kappa shape index (κ1) is 12.9. The summed E-state index contributed by atoms with van der Waals surface area (Å²) in [5.41, 5.74) is 2.60. The average Bonchev–Trinajstić information content (AvgIpc) is 3.40. The molecule has 1 aliphatic carbocycles. The van der Waals surface area contributed by atoms with E-state index in [1.165, 1.54) is 12.8 Å². The maximum Gasteiger partial charge on any atom is 0.180 e. The quantitative estimate of drug-likeness (QED) is 0.799. The number of rotatable bonds is 4. The molecule has 22 heavy (non-hydrogen) atoms. The summed E-state index contributed by atoms with van der Waals surface area (Å²) in [5.74, 6) is 1.47. The Morgan fingerprint density at radius 2 is 1.91 bits per heavy atom. The van der Waals surface area contributed by atoms with Gasteiger partial charge >= 0.3 is 0 Å². The molecule has 3 aromatic heterocycles. The molecule has 3 aromatic rings. The smallest absolute Gasteiger partial charge is 0.180 e. The highest BCUT2D eigenvalue weighted by molar-refractivity contribution is 5.65. The lowest BCUT2D eigenvalue weighted by Gasteiger charge is -2.09. The van der Waals surface area contributed by atoms with Gasteiger partial charge in [0.1, 0.15) is 11.5 Å². The lowest BCUT2D eigenvalue weighted by molar-refractivity contribution is 1.08. The van der Waals surface area contributed by atoms with Gasteiger partial charge in [-0.2, -0.15) is 0 Å². The highest BCUT2D eigenvalue weighted by Crippen LogP contribution is 2.27. The van der Waals surface area contributed by atoms with Crippen LogP contribution in [0, 0.1) is 0 Å². The maximum atomic E-state index is 4.65. The van der Waals surface area contributed by atoms with Crippen LogP contribution < -0.4 is 5.32 Å². The van der Waals surface area contributed by atoms with Crippen molar-refractivity contribution in [3.8, 4) is 22.8 Å². The van der Waals surface area contributed by atoms with E-state index in [2.05, 4.69) is 25.3 Å². The third-order valence-corrected chi connectivity index (χ3v) is 3.51. The van der Waals surface area contributed by atoms with Gasteiger partial charge in [0.15, 0.2) is 5.82 Å². The normalized spacial score (nSPS) is 13.8. The molecule has 0 spiro atoms. The Kier molecular flexibility index (Phi) is 3.23. The molecule has 0 atom stereocenters. The largest absolute Gasteiger partial charge is 0.367 e. The van der Waals surface area contributed by atoms with Crippen LogP contribution in [-0.2, 0) is 0 Å². The minimum Gasteiger partial charge on any atom is -0.367 e. The molecule has 4 rings (SSSR count). The molecule has 5 heteroatoms. The number of nitrogens with zero attached hydrogens (tertiary/aromatic N) is 4. The van der Waals surface area contributed by atoms with Crippen molar-refractivity contribution in [1.29, 1.82) is 0 Å². The van der Waals surface area contributed by atoms with Crippen LogP contribution in [0.5, 0.6) is 0 Å². The molecule has 1 N–H and O–H groups in total. The van der Waals surface area contributed by atoms with Gasteiger partial charge in [-0.05, 0) is 37.1 Å². The van der Waals surface area contributed by atoms with Gasteiger partial charge in [-0.15, -0.1) is 0 Å². The van der Waals surface area contributed by atoms with Gasteiger partial charge in [-0.25, -0.2) is 9.97 Å². The summed E-state index contributed by atoms with van der Waals surface area (Å²) in [6, 6.07) is 12.2. The van der Waals surface area contributed by atoms with Crippen LogP contribution in [-0.4, -0.2) is 26.0 Å². The molecule has 108 valence electrons. The molecular formula is C17H15N5. The first-order chi connectivity index (χ1) is 10.9. The Morgan fingerprint density at radius 1 is 0.955 bits per heavy atom. The van der Waals surface area contributed by atoms with Gasteiger partial charge in [0.05, 0.1) is 5.69 Å². The first-order valence-corrected chi connectivity index (χ1v) is 7.36. The number of hydrogen-bond donors (Lipinski definition) is 1. The van der Waals surface area contributed by atoms with Crippen molar-refractivity contribution in [3.63, 3.8) is 0 Å². The summed E-state index contributed by atoms with van der Waals surface area (Å²) in [7, 11) is 0. The summed E-state index contributed by atoms with van der Waals surface area (Å²) in [6.07, 6.45) is 7.72. The Balaban J connectivity index is 1.80. The topological polar surface area (TPSA) is 63.6 Å². The van der Waals surface area contributed by atoms with Crippen molar-refractivity contribution < 1.29 is 0 Å². The number of nitrogens with one attached hydrogen (secondary N) is 1. The van der Waals surface area contributed by atoms with Crippen molar-refractivity contribution >= 4 is 5.82 Å².